The zero-order valence-electron chi connectivity index (χ0n) is 13.6. The molecular formula is C18H17NO4S. The molecule has 0 spiro atoms. The van der Waals surface area contributed by atoms with Gasteiger partial charge in [0.25, 0.3) is 0 Å². The standard InChI is InChI=1S/C18H17NO4S/c1-12-8-9-14(13(2)10-12)19-11-17(18(20)23-3)24(21,22)16-7-5-4-6-15(16)19/h4-11H,1-3H3. The van der Waals surface area contributed by atoms with E-state index in [-0.39, 0.29) is 9.80 Å². The second-order valence-electron chi connectivity index (χ2n) is 5.62. The van der Waals surface area contributed by atoms with Crippen LogP contribution in [0.2, 0.25) is 0 Å². The lowest BCUT2D eigenvalue weighted by atomic mass is 10.1. The Morgan fingerprint density at radius 3 is 2.42 bits per heavy atom. The number of anilines is 2. The second kappa shape index (κ2) is 5.79. The molecule has 1 heterocycles. The number of carbonyl (C=O) groups excluding carboxylic acids is 1. The predicted molar refractivity (Wildman–Crippen MR) is 91.8 cm³/mol. The molecular weight excluding hydrogens is 326 g/mol. The number of sulfone groups is 1. The van der Waals surface area contributed by atoms with Crippen LogP contribution in [0.5, 0.6) is 0 Å². The number of benzene rings is 2. The Morgan fingerprint density at radius 1 is 1.04 bits per heavy atom. The van der Waals surface area contributed by atoms with Crippen LogP contribution in [0.15, 0.2) is 58.5 Å². The summed E-state index contributed by atoms with van der Waals surface area (Å²) in [6, 6.07) is 12.5. The third kappa shape index (κ3) is 2.49. The van der Waals surface area contributed by atoms with Crippen LogP contribution in [0.25, 0.3) is 0 Å². The maximum atomic E-state index is 12.7. The zero-order chi connectivity index (χ0) is 17.5. The van der Waals surface area contributed by atoms with Crippen molar-refractivity contribution in [3.63, 3.8) is 0 Å². The normalized spacial score (nSPS) is 15.5. The monoisotopic (exact) mass is 343 g/mol. The summed E-state index contributed by atoms with van der Waals surface area (Å²) in [5.74, 6) is -0.876. The van der Waals surface area contributed by atoms with Gasteiger partial charge in [-0.05, 0) is 37.6 Å². The first kappa shape index (κ1) is 16.3. The van der Waals surface area contributed by atoms with E-state index in [1.807, 2.05) is 32.0 Å². The van der Waals surface area contributed by atoms with Crippen LogP contribution < -0.4 is 4.90 Å². The van der Waals surface area contributed by atoms with Gasteiger partial charge in [0.1, 0.15) is 0 Å². The fourth-order valence-electron chi connectivity index (χ4n) is 2.80. The van der Waals surface area contributed by atoms with Crippen LogP contribution in [0.4, 0.5) is 11.4 Å². The molecule has 3 rings (SSSR count). The highest BCUT2D eigenvalue weighted by Crippen LogP contribution is 2.40. The summed E-state index contributed by atoms with van der Waals surface area (Å²) in [5, 5.41) is 0. The Hall–Kier alpha value is -2.60. The van der Waals surface area contributed by atoms with Gasteiger partial charge in [0, 0.05) is 11.9 Å². The third-order valence-electron chi connectivity index (χ3n) is 3.95. The van der Waals surface area contributed by atoms with Crippen molar-refractivity contribution in [2.24, 2.45) is 0 Å². The van der Waals surface area contributed by atoms with Crippen molar-refractivity contribution in [3.8, 4) is 0 Å². The molecule has 0 amide bonds. The maximum Gasteiger partial charge on any atom is 0.351 e. The summed E-state index contributed by atoms with van der Waals surface area (Å²) in [6.07, 6.45) is 1.33. The van der Waals surface area contributed by atoms with E-state index < -0.39 is 15.8 Å². The van der Waals surface area contributed by atoms with Crippen LogP contribution in [0.1, 0.15) is 11.1 Å². The van der Waals surface area contributed by atoms with Gasteiger partial charge in [-0.3, -0.25) is 0 Å². The van der Waals surface area contributed by atoms with Crippen molar-refractivity contribution in [2.45, 2.75) is 18.7 Å². The number of methoxy groups -OCH3 is 1. The van der Waals surface area contributed by atoms with Gasteiger partial charge >= 0.3 is 5.97 Å². The Bertz CT molecular complexity index is 961. The Balaban J connectivity index is 2.30. The van der Waals surface area contributed by atoms with Gasteiger partial charge in [0.05, 0.1) is 17.7 Å². The first-order valence-corrected chi connectivity index (χ1v) is 8.85. The van der Waals surface area contributed by atoms with Gasteiger partial charge < -0.3 is 9.64 Å². The molecule has 0 aromatic heterocycles. The van der Waals surface area contributed by atoms with Crippen molar-refractivity contribution in [1.29, 1.82) is 0 Å². The summed E-state index contributed by atoms with van der Waals surface area (Å²) in [7, 11) is -2.74. The van der Waals surface area contributed by atoms with Crippen LogP contribution in [0.3, 0.4) is 0 Å². The number of hydrogen-bond acceptors (Lipinski definition) is 5. The third-order valence-corrected chi connectivity index (χ3v) is 5.72. The van der Waals surface area contributed by atoms with Crippen LogP contribution in [-0.2, 0) is 19.4 Å². The summed E-state index contributed by atoms with van der Waals surface area (Å²) >= 11 is 0. The highest BCUT2D eigenvalue weighted by molar-refractivity contribution is 7.96. The fraction of sp³-hybridized carbons (Fsp3) is 0.167. The first-order chi connectivity index (χ1) is 11.4. The van der Waals surface area contributed by atoms with Crippen LogP contribution >= 0.6 is 0 Å². The molecule has 5 nitrogen and oxygen atoms in total. The number of esters is 1. The summed E-state index contributed by atoms with van der Waals surface area (Å²) < 4.78 is 30.1. The number of carbonyl (C=O) groups is 1. The number of fused-ring (bicyclic) bond motifs is 1. The van der Waals surface area contributed by atoms with Crippen molar-refractivity contribution < 1.29 is 17.9 Å². The van der Waals surface area contributed by atoms with Gasteiger partial charge in [-0.2, -0.15) is 0 Å². The molecule has 6 heteroatoms. The maximum absolute atomic E-state index is 12.7. The van der Waals surface area contributed by atoms with E-state index in [4.69, 9.17) is 0 Å². The molecule has 0 N–H and O–H groups in total. The van der Waals surface area contributed by atoms with E-state index in [2.05, 4.69) is 4.74 Å². The van der Waals surface area contributed by atoms with E-state index in [1.54, 1.807) is 23.1 Å². The molecule has 0 fully saturated rings. The van der Waals surface area contributed by atoms with E-state index in [0.29, 0.717) is 5.69 Å². The minimum absolute atomic E-state index is 0.0906. The van der Waals surface area contributed by atoms with Crippen LogP contribution in [-0.4, -0.2) is 21.5 Å². The SMILES string of the molecule is COC(=O)C1=CN(c2ccc(C)cc2C)c2ccccc2S1(=O)=O. The molecule has 0 aliphatic carbocycles. The smallest absolute Gasteiger partial charge is 0.351 e. The van der Waals surface area contributed by atoms with E-state index in [1.165, 1.54) is 19.4 Å². The molecule has 0 bridgehead atoms. The second-order valence-corrected chi connectivity index (χ2v) is 7.50. The molecule has 0 saturated heterocycles. The Morgan fingerprint density at radius 2 is 1.75 bits per heavy atom. The summed E-state index contributed by atoms with van der Waals surface area (Å²) in [4.78, 5) is 13.5. The minimum Gasteiger partial charge on any atom is -0.465 e. The average molecular weight is 343 g/mol. The zero-order valence-corrected chi connectivity index (χ0v) is 14.4. The molecule has 2 aromatic rings. The Kier molecular flexibility index (Phi) is 3.93. The van der Waals surface area contributed by atoms with Crippen LogP contribution in [0, 0.1) is 13.8 Å². The number of ether oxygens (including phenoxy) is 1. The number of aryl methyl sites for hydroxylation is 2. The van der Waals surface area contributed by atoms with Gasteiger partial charge in [-0.15, -0.1) is 0 Å². The quantitative estimate of drug-likeness (QED) is 0.783. The number of para-hydroxylation sites is 1. The van der Waals surface area contributed by atoms with Gasteiger partial charge in [0.15, 0.2) is 4.91 Å². The molecule has 124 valence electrons. The number of hydrogen-bond donors (Lipinski definition) is 0. The molecule has 24 heavy (non-hydrogen) atoms. The molecule has 0 radical (unpaired) electrons. The molecule has 1 aliphatic heterocycles. The van der Waals surface area contributed by atoms with Crippen molar-refractivity contribution >= 4 is 27.2 Å². The minimum atomic E-state index is -3.91. The highest BCUT2D eigenvalue weighted by atomic mass is 32.2. The average Bonchev–Trinajstić information content (AvgIpc) is 2.55. The molecule has 0 saturated carbocycles. The van der Waals surface area contributed by atoms with E-state index >= 15 is 0 Å². The van der Waals surface area contributed by atoms with Gasteiger partial charge in [-0.1, -0.05) is 29.8 Å². The van der Waals surface area contributed by atoms with Gasteiger partial charge in [-0.25, -0.2) is 13.2 Å². The molecule has 0 atom stereocenters. The number of nitrogens with zero attached hydrogens (tertiary/aromatic N) is 1. The molecule has 2 aromatic carbocycles. The first-order valence-electron chi connectivity index (χ1n) is 7.37. The van der Waals surface area contributed by atoms with Crippen molar-refractivity contribution in [3.05, 3.63) is 64.7 Å². The lowest BCUT2D eigenvalue weighted by molar-refractivity contribution is -0.135. The lowest BCUT2D eigenvalue weighted by Crippen LogP contribution is -2.26. The molecule has 0 unspecified atom stereocenters. The Labute approximate surface area is 141 Å². The number of rotatable bonds is 2. The fourth-order valence-corrected chi connectivity index (χ4v) is 4.28. The van der Waals surface area contributed by atoms with Crippen molar-refractivity contribution in [2.75, 3.05) is 12.0 Å². The van der Waals surface area contributed by atoms with E-state index in [0.717, 1.165) is 16.8 Å². The van der Waals surface area contributed by atoms with Crippen molar-refractivity contribution in [1.82, 2.24) is 0 Å². The summed E-state index contributed by atoms with van der Waals surface area (Å²) in [5.41, 5.74) is 3.40. The summed E-state index contributed by atoms with van der Waals surface area (Å²) in [6.45, 7) is 3.93. The lowest BCUT2D eigenvalue weighted by Gasteiger charge is -2.29. The highest BCUT2D eigenvalue weighted by Gasteiger charge is 2.36. The largest absolute Gasteiger partial charge is 0.465 e. The topological polar surface area (TPSA) is 63.7 Å². The molecule has 1 aliphatic rings. The predicted octanol–water partition coefficient (Wildman–Crippen LogP) is 3.24. The van der Waals surface area contributed by atoms with E-state index in [9.17, 15) is 13.2 Å². The van der Waals surface area contributed by atoms with Gasteiger partial charge in [0.2, 0.25) is 9.84 Å².